The fraction of sp³-hybridized carbons (Fsp3) is 0.800. The Morgan fingerprint density at radius 2 is 2.23 bits per heavy atom. The van der Waals surface area contributed by atoms with Gasteiger partial charge in [-0.2, -0.15) is 5.26 Å². The minimum Gasteiger partial charge on any atom is -0.344 e. The summed E-state index contributed by atoms with van der Waals surface area (Å²) in [6.45, 7) is 2.78. The lowest BCUT2D eigenvalue weighted by molar-refractivity contribution is -0.141. The molecule has 0 atom stereocenters. The highest BCUT2D eigenvalue weighted by Gasteiger charge is 2.45. The van der Waals surface area contributed by atoms with Gasteiger partial charge >= 0.3 is 0 Å². The monoisotopic (exact) mass is 180 g/mol. The van der Waals surface area contributed by atoms with Crippen molar-refractivity contribution in [3.63, 3.8) is 0 Å². The number of hydrogen-bond acceptors (Lipinski definition) is 2. The van der Waals surface area contributed by atoms with Crippen LogP contribution in [0.1, 0.15) is 32.6 Å². The van der Waals surface area contributed by atoms with Crippen LogP contribution in [0.5, 0.6) is 0 Å². The van der Waals surface area contributed by atoms with Gasteiger partial charge in [-0.15, -0.1) is 0 Å². The van der Waals surface area contributed by atoms with Gasteiger partial charge in [-0.1, -0.05) is 6.92 Å². The zero-order valence-electron chi connectivity index (χ0n) is 8.34. The third-order valence-corrected chi connectivity index (χ3v) is 2.74. The van der Waals surface area contributed by atoms with Crippen molar-refractivity contribution in [1.82, 2.24) is 4.90 Å². The van der Waals surface area contributed by atoms with E-state index in [-0.39, 0.29) is 5.91 Å². The van der Waals surface area contributed by atoms with E-state index in [0.29, 0.717) is 0 Å². The maximum atomic E-state index is 11.8. The largest absolute Gasteiger partial charge is 0.344 e. The smallest absolute Gasteiger partial charge is 0.242 e. The molecule has 3 heteroatoms. The zero-order chi connectivity index (χ0) is 9.90. The molecule has 1 amide bonds. The summed E-state index contributed by atoms with van der Waals surface area (Å²) in [6.07, 6.45) is 3.45. The first-order valence-electron chi connectivity index (χ1n) is 4.83. The molecule has 3 nitrogen and oxygen atoms in total. The molecule has 1 aliphatic carbocycles. The van der Waals surface area contributed by atoms with E-state index in [2.05, 4.69) is 6.07 Å². The lowest BCUT2D eigenvalue weighted by Crippen LogP contribution is -2.45. The van der Waals surface area contributed by atoms with E-state index in [0.717, 1.165) is 32.2 Å². The molecular weight excluding hydrogens is 164 g/mol. The quantitative estimate of drug-likeness (QED) is 0.661. The summed E-state index contributed by atoms with van der Waals surface area (Å²) in [5.74, 6) is 0.0168. The van der Waals surface area contributed by atoms with Gasteiger partial charge < -0.3 is 4.90 Å². The maximum absolute atomic E-state index is 11.8. The molecule has 0 radical (unpaired) electrons. The average Bonchev–Trinajstić information content (AvgIpc) is 2.03. The zero-order valence-corrected chi connectivity index (χ0v) is 8.34. The molecule has 72 valence electrons. The van der Waals surface area contributed by atoms with Gasteiger partial charge in [0.15, 0.2) is 0 Å². The minimum atomic E-state index is -0.663. The molecule has 0 unspecified atom stereocenters. The van der Waals surface area contributed by atoms with E-state index in [1.54, 1.807) is 11.9 Å². The first kappa shape index (κ1) is 10.0. The van der Waals surface area contributed by atoms with Crippen molar-refractivity contribution < 1.29 is 4.79 Å². The number of hydrogen-bond donors (Lipinski definition) is 0. The van der Waals surface area contributed by atoms with Gasteiger partial charge in [-0.3, -0.25) is 4.79 Å². The Labute approximate surface area is 79.3 Å². The summed E-state index contributed by atoms with van der Waals surface area (Å²) in [7, 11) is 1.78. The van der Waals surface area contributed by atoms with Crippen molar-refractivity contribution in [3.8, 4) is 6.07 Å². The molecule has 0 saturated heterocycles. The minimum absolute atomic E-state index is 0.0168. The molecule has 1 saturated carbocycles. The Bertz CT molecular complexity index is 238. The molecule has 1 rings (SSSR count). The molecule has 1 fully saturated rings. The van der Waals surface area contributed by atoms with E-state index in [1.165, 1.54) is 0 Å². The molecule has 0 aliphatic heterocycles. The first-order valence-corrected chi connectivity index (χ1v) is 4.83. The molecule has 0 aromatic rings. The molecule has 13 heavy (non-hydrogen) atoms. The highest BCUT2D eigenvalue weighted by atomic mass is 16.2. The summed E-state index contributed by atoms with van der Waals surface area (Å²) in [6, 6.07) is 2.16. The SMILES string of the molecule is CCCN(C)C(=O)C1(C#N)CCC1. The fourth-order valence-corrected chi connectivity index (χ4v) is 1.71. The van der Waals surface area contributed by atoms with Crippen LogP contribution in [0.15, 0.2) is 0 Å². The van der Waals surface area contributed by atoms with Crippen LogP contribution in [0, 0.1) is 16.7 Å². The van der Waals surface area contributed by atoms with E-state index in [9.17, 15) is 4.79 Å². The number of amides is 1. The second kappa shape index (κ2) is 3.78. The van der Waals surface area contributed by atoms with E-state index < -0.39 is 5.41 Å². The number of rotatable bonds is 3. The van der Waals surface area contributed by atoms with Gasteiger partial charge in [0.1, 0.15) is 5.41 Å². The van der Waals surface area contributed by atoms with Crippen LogP contribution in [-0.4, -0.2) is 24.4 Å². The highest BCUT2D eigenvalue weighted by Crippen LogP contribution is 2.41. The van der Waals surface area contributed by atoms with Crippen LogP contribution in [0.25, 0.3) is 0 Å². The van der Waals surface area contributed by atoms with E-state index >= 15 is 0 Å². The second-order valence-corrected chi connectivity index (χ2v) is 3.77. The number of nitriles is 1. The van der Waals surface area contributed by atoms with Gasteiger partial charge in [0.2, 0.25) is 5.91 Å². The molecule has 0 heterocycles. The molecule has 0 bridgehead atoms. The number of carbonyl (C=O) groups excluding carboxylic acids is 1. The molecule has 0 spiro atoms. The van der Waals surface area contributed by atoms with Crippen LogP contribution in [0.2, 0.25) is 0 Å². The van der Waals surface area contributed by atoms with Gasteiger partial charge in [0.05, 0.1) is 6.07 Å². The average molecular weight is 180 g/mol. The van der Waals surface area contributed by atoms with Crippen molar-refractivity contribution in [2.75, 3.05) is 13.6 Å². The summed E-state index contributed by atoms with van der Waals surface area (Å²) < 4.78 is 0. The Kier molecular flexibility index (Phi) is 2.92. The van der Waals surface area contributed by atoms with Gasteiger partial charge in [0, 0.05) is 13.6 Å². The molecule has 0 aromatic carbocycles. The van der Waals surface area contributed by atoms with Crippen LogP contribution in [0.4, 0.5) is 0 Å². The standard InChI is InChI=1S/C10H16N2O/c1-3-7-12(2)9(13)10(8-11)5-4-6-10/h3-7H2,1-2H3. The van der Waals surface area contributed by atoms with Crippen molar-refractivity contribution in [2.45, 2.75) is 32.6 Å². The third kappa shape index (κ3) is 1.67. The van der Waals surface area contributed by atoms with Gasteiger partial charge in [-0.05, 0) is 25.7 Å². The van der Waals surface area contributed by atoms with Crippen LogP contribution in [0.3, 0.4) is 0 Å². The summed E-state index contributed by atoms with van der Waals surface area (Å²) in [5.41, 5.74) is -0.663. The third-order valence-electron chi connectivity index (χ3n) is 2.74. The van der Waals surface area contributed by atoms with Gasteiger partial charge in [0.25, 0.3) is 0 Å². The van der Waals surface area contributed by atoms with Crippen molar-refractivity contribution in [3.05, 3.63) is 0 Å². The maximum Gasteiger partial charge on any atom is 0.242 e. The van der Waals surface area contributed by atoms with Crippen molar-refractivity contribution >= 4 is 5.91 Å². The van der Waals surface area contributed by atoms with Gasteiger partial charge in [-0.25, -0.2) is 0 Å². The van der Waals surface area contributed by atoms with Crippen LogP contribution < -0.4 is 0 Å². The molecule has 0 aromatic heterocycles. The molecule has 0 N–H and O–H groups in total. The number of carbonyl (C=O) groups is 1. The van der Waals surface area contributed by atoms with Crippen molar-refractivity contribution in [1.29, 1.82) is 5.26 Å². The van der Waals surface area contributed by atoms with Crippen LogP contribution in [-0.2, 0) is 4.79 Å². The number of nitrogens with zero attached hydrogens (tertiary/aromatic N) is 2. The van der Waals surface area contributed by atoms with E-state index in [1.807, 2.05) is 6.92 Å². The Balaban J connectivity index is 2.61. The van der Waals surface area contributed by atoms with Crippen LogP contribution >= 0.6 is 0 Å². The Morgan fingerprint density at radius 3 is 2.54 bits per heavy atom. The predicted octanol–water partition coefficient (Wildman–Crippen LogP) is 1.55. The second-order valence-electron chi connectivity index (χ2n) is 3.77. The predicted molar refractivity (Wildman–Crippen MR) is 49.8 cm³/mol. The summed E-state index contributed by atoms with van der Waals surface area (Å²) in [5, 5.41) is 8.93. The fourth-order valence-electron chi connectivity index (χ4n) is 1.71. The molecule has 1 aliphatic rings. The summed E-state index contributed by atoms with van der Waals surface area (Å²) in [4.78, 5) is 13.5. The van der Waals surface area contributed by atoms with E-state index in [4.69, 9.17) is 5.26 Å². The first-order chi connectivity index (χ1) is 6.16. The molecular formula is C10H16N2O. The lowest BCUT2D eigenvalue weighted by atomic mass is 9.69. The Morgan fingerprint density at radius 1 is 1.62 bits per heavy atom. The lowest BCUT2D eigenvalue weighted by Gasteiger charge is -2.36. The highest BCUT2D eigenvalue weighted by molar-refractivity contribution is 5.86. The summed E-state index contributed by atoms with van der Waals surface area (Å²) >= 11 is 0. The topological polar surface area (TPSA) is 44.1 Å². The Hall–Kier alpha value is -1.04. The normalized spacial score (nSPS) is 18.5. The van der Waals surface area contributed by atoms with Crippen molar-refractivity contribution in [2.24, 2.45) is 5.41 Å².